The highest BCUT2D eigenvalue weighted by molar-refractivity contribution is 9.10. The lowest BCUT2D eigenvalue weighted by molar-refractivity contribution is -0.121. The monoisotopic (exact) mass is 437 g/mol. The fourth-order valence-corrected chi connectivity index (χ4v) is 3.64. The van der Waals surface area contributed by atoms with Crippen molar-refractivity contribution in [3.05, 3.63) is 33.8 Å². The Bertz CT molecular complexity index is 719. The zero-order valence-electron chi connectivity index (χ0n) is 15.2. The van der Waals surface area contributed by atoms with Crippen LogP contribution in [0.25, 0.3) is 0 Å². The molecule has 0 aromatic heterocycles. The number of nitrogens with zero attached hydrogens (tertiary/aromatic N) is 2. The normalized spacial score (nSPS) is 17.3. The van der Waals surface area contributed by atoms with Gasteiger partial charge in [0.25, 0.3) is 11.8 Å². The van der Waals surface area contributed by atoms with E-state index in [-0.39, 0.29) is 30.7 Å². The van der Waals surface area contributed by atoms with Crippen molar-refractivity contribution in [2.24, 2.45) is 0 Å². The summed E-state index contributed by atoms with van der Waals surface area (Å²) in [6.45, 7) is 5.27. The van der Waals surface area contributed by atoms with Crippen molar-refractivity contribution in [2.45, 2.75) is 19.3 Å². The van der Waals surface area contributed by atoms with E-state index in [0.717, 1.165) is 55.1 Å². The molecule has 3 amide bonds. The standard InChI is InChI=1S/C19H24BrN3O4/c20-14-3-4-15-16(13-14)19(26)23(18(15)25)8-5-17(24)21-6-1-2-7-22-9-11-27-12-10-22/h3-4,13H,1-2,5-12H2,(H,21,24). The van der Waals surface area contributed by atoms with Crippen LogP contribution in [0.2, 0.25) is 0 Å². The van der Waals surface area contributed by atoms with Crippen molar-refractivity contribution >= 4 is 33.7 Å². The van der Waals surface area contributed by atoms with E-state index in [9.17, 15) is 14.4 Å². The maximum atomic E-state index is 12.4. The number of hydrogen-bond acceptors (Lipinski definition) is 5. The van der Waals surface area contributed by atoms with Crippen LogP contribution >= 0.6 is 15.9 Å². The molecule has 0 saturated carbocycles. The molecule has 1 aromatic rings. The zero-order chi connectivity index (χ0) is 19.2. The Kier molecular flexibility index (Phi) is 6.98. The van der Waals surface area contributed by atoms with Crippen molar-refractivity contribution in [2.75, 3.05) is 45.9 Å². The molecular weight excluding hydrogens is 414 g/mol. The minimum Gasteiger partial charge on any atom is -0.379 e. The van der Waals surface area contributed by atoms with E-state index in [0.29, 0.717) is 17.7 Å². The SMILES string of the molecule is O=C(CCN1C(=O)c2ccc(Br)cc2C1=O)NCCCCN1CCOCC1. The highest BCUT2D eigenvalue weighted by Gasteiger charge is 2.35. The first-order valence-corrected chi connectivity index (χ1v) is 10.1. The minimum atomic E-state index is -0.338. The summed E-state index contributed by atoms with van der Waals surface area (Å²) in [6, 6.07) is 5.01. The average Bonchev–Trinajstić information content (AvgIpc) is 2.90. The molecule has 0 unspecified atom stereocenters. The van der Waals surface area contributed by atoms with Gasteiger partial charge in [0.2, 0.25) is 5.91 Å². The van der Waals surface area contributed by atoms with Crippen LogP contribution in [0.15, 0.2) is 22.7 Å². The molecule has 1 saturated heterocycles. The molecule has 7 nitrogen and oxygen atoms in total. The maximum Gasteiger partial charge on any atom is 0.261 e. The zero-order valence-corrected chi connectivity index (χ0v) is 16.8. The van der Waals surface area contributed by atoms with E-state index in [1.54, 1.807) is 18.2 Å². The van der Waals surface area contributed by atoms with E-state index in [1.165, 1.54) is 0 Å². The number of nitrogens with one attached hydrogen (secondary N) is 1. The first-order chi connectivity index (χ1) is 13.1. The number of benzene rings is 1. The van der Waals surface area contributed by atoms with Crippen LogP contribution in [-0.4, -0.2) is 73.5 Å². The van der Waals surface area contributed by atoms with Crippen molar-refractivity contribution in [3.63, 3.8) is 0 Å². The summed E-state index contributed by atoms with van der Waals surface area (Å²) in [5, 5.41) is 2.87. The molecule has 2 aliphatic heterocycles. The van der Waals surface area contributed by atoms with Crippen LogP contribution in [-0.2, 0) is 9.53 Å². The molecule has 2 aliphatic rings. The lowest BCUT2D eigenvalue weighted by atomic mass is 10.1. The van der Waals surface area contributed by atoms with Crippen LogP contribution in [0.4, 0.5) is 0 Å². The Morgan fingerprint density at radius 1 is 1.07 bits per heavy atom. The predicted molar refractivity (Wildman–Crippen MR) is 104 cm³/mol. The number of carbonyl (C=O) groups excluding carboxylic acids is 3. The quantitative estimate of drug-likeness (QED) is 0.494. The van der Waals surface area contributed by atoms with E-state index in [1.807, 2.05) is 0 Å². The highest BCUT2D eigenvalue weighted by atomic mass is 79.9. The Morgan fingerprint density at radius 3 is 2.59 bits per heavy atom. The third kappa shape index (κ3) is 5.15. The van der Waals surface area contributed by atoms with Crippen LogP contribution in [0, 0.1) is 0 Å². The van der Waals surface area contributed by atoms with E-state index in [2.05, 4.69) is 26.1 Å². The number of rotatable bonds is 8. The van der Waals surface area contributed by atoms with Crippen LogP contribution in [0.5, 0.6) is 0 Å². The van der Waals surface area contributed by atoms with E-state index in [4.69, 9.17) is 4.74 Å². The largest absolute Gasteiger partial charge is 0.379 e. The van der Waals surface area contributed by atoms with Crippen LogP contribution in [0.3, 0.4) is 0 Å². The third-order valence-electron chi connectivity index (χ3n) is 4.82. The lowest BCUT2D eigenvalue weighted by Gasteiger charge is -2.26. The second-order valence-corrected chi connectivity index (χ2v) is 7.63. The second kappa shape index (κ2) is 9.43. The van der Waals surface area contributed by atoms with Gasteiger partial charge in [-0.3, -0.25) is 24.2 Å². The van der Waals surface area contributed by atoms with Gasteiger partial charge in [0.1, 0.15) is 0 Å². The second-order valence-electron chi connectivity index (χ2n) is 6.71. The highest BCUT2D eigenvalue weighted by Crippen LogP contribution is 2.26. The third-order valence-corrected chi connectivity index (χ3v) is 5.32. The van der Waals surface area contributed by atoms with Crippen LogP contribution in [0.1, 0.15) is 40.0 Å². The number of unbranched alkanes of at least 4 members (excludes halogenated alkanes) is 1. The predicted octanol–water partition coefficient (Wildman–Crippen LogP) is 1.66. The molecule has 3 rings (SSSR count). The smallest absolute Gasteiger partial charge is 0.261 e. The molecule has 0 aliphatic carbocycles. The van der Waals surface area contributed by atoms with Gasteiger partial charge in [0.05, 0.1) is 24.3 Å². The van der Waals surface area contributed by atoms with Gasteiger partial charge in [-0.1, -0.05) is 15.9 Å². The molecular formula is C19H24BrN3O4. The lowest BCUT2D eigenvalue weighted by Crippen LogP contribution is -2.37. The number of ether oxygens (including phenoxy) is 1. The molecule has 8 heteroatoms. The van der Waals surface area contributed by atoms with Crippen molar-refractivity contribution in [1.82, 2.24) is 15.1 Å². The molecule has 0 radical (unpaired) electrons. The summed E-state index contributed by atoms with van der Waals surface area (Å²) >= 11 is 3.31. The summed E-state index contributed by atoms with van der Waals surface area (Å²) in [5.41, 5.74) is 0.782. The number of morpholine rings is 1. The molecule has 27 heavy (non-hydrogen) atoms. The first kappa shape index (κ1) is 20.0. The molecule has 1 N–H and O–H groups in total. The minimum absolute atomic E-state index is 0.101. The number of amides is 3. The summed E-state index contributed by atoms with van der Waals surface area (Å²) in [7, 11) is 0. The summed E-state index contributed by atoms with van der Waals surface area (Å²) in [5.74, 6) is -0.811. The first-order valence-electron chi connectivity index (χ1n) is 9.29. The average molecular weight is 438 g/mol. The fraction of sp³-hybridized carbons (Fsp3) is 0.526. The molecule has 0 bridgehead atoms. The topological polar surface area (TPSA) is 79.0 Å². The molecule has 2 heterocycles. The van der Waals surface area contributed by atoms with Gasteiger partial charge >= 0.3 is 0 Å². The molecule has 1 fully saturated rings. The summed E-state index contributed by atoms with van der Waals surface area (Å²) in [6.07, 6.45) is 2.05. The van der Waals surface area contributed by atoms with Gasteiger partial charge in [-0.25, -0.2) is 0 Å². The fourth-order valence-electron chi connectivity index (χ4n) is 3.28. The Morgan fingerprint density at radius 2 is 1.81 bits per heavy atom. The van der Waals surface area contributed by atoms with E-state index < -0.39 is 0 Å². The summed E-state index contributed by atoms with van der Waals surface area (Å²) < 4.78 is 6.07. The number of imide groups is 1. The van der Waals surface area contributed by atoms with Gasteiger partial charge in [0.15, 0.2) is 0 Å². The van der Waals surface area contributed by atoms with Crippen molar-refractivity contribution in [1.29, 1.82) is 0 Å². The number of hydrogen-bond donors (Lipinski definition) is 1. The maximum absolute atomic E-state index is 12.4. The molecule has 0 atom stereocenters. The van der Waals surface area contributed by atoms with Gasteiger partial charge in [-0.05, 0) is 37.6 Å². The number of fused-ring (bicyclic) bond motifs is 1. The Hall–Kier alpha value is -1.77. The van der Waals surface area contributed by atoms with E-state index >= 15 is 0 Å². The van der Waals surface area contributed by atoms with Crippen molar-refractivity contribution in [3.8, 4) is 0 Å². The number of carbonyl (C=O) groups is 3. The van der Waals surface area contributed by atoms with Crippen LogP contribution < -0.4 is 5.32 Å². The van der Waals surface area contributed by atoms with Gasteiger partial charge < -0.3 is 10.1 Å². The van der Waals surface area contributed by atoms with Gasteiger partial charge in [0, 0.05) is 37.1 Å². The molecule has 1 aromatic carbocycles. The van der Waals surface area contributed by atoms with Gasteiger partial charge in [-0.15, -0.1) is 0 Å². The molecule has 0 spiro atoms. The Labute approximate surface area is 167 Å². The summed E-state index contributed by atoms with van der Waals surface area (Å²) in [4.78, 5) is 40.2. The van der Waals surface area contributed by atoms with Gasteiger partial charge in [-0.2, -0.15) is 0 Å². The Balaban J connectivity index is 1.35. The molecule has 146 valence electrons. The number of halogens is 1. The van der Waals surface area contributed by atoms with Crippen molar-refractivity contribution < 1.29 is 19.1 Å².